The Morgan fingerprint density at radius 1 is 1.35 bits per heavy atom. The molecule has 4 rings (SSSR count). The summed E-state index contributed by atoms with van der Waals surface area (Å²) in [4.78, 5) is 34.6. The lowest BCUT2D eigenvalue weighted by atomic mass is 10.0. The number of nitrogens with one attached hydrogen (secondary N) is 1. The van der Waals surface area contributed by atoms with E-state index in [4.69, 9.17) is 13.0 Å². The third-order valence-corrected chi connectivity index (χ3v) is 4.30. The van der Waals surface area contributed by atoms with Gasteiger partial charge in [-0.1, -0.05) is 6.08 Å². The normalized spacial score (nSPS) is 29.5. The van der Waals surface area contributed by atoms with Gasteiger partial charge in [0, 0.05) is 51.6 Å². The highest BCUT2D eigenvalue weighted by molar-refractivity contribution is 5.81. The first kappa shape index (κ1) is 11.3. The van der Waals surface area contributed by atoms with Crippen LogP contribution in [0.4, 0.5) is 10.2 Å². The molecule has 7 nitrogen and oxygen atoms in total. The summed E-state index contributed by atoms with van der Waals surface area (Å²) < 4.78 is 67.6. The molecule has 1 N–H and O–H groups in total. The van der Waals surface area contributed by atoms with E-state index in [-0.39, 0.29) is 11.5 Å². The molecule has 0 unspecified atom stereocenters. The molecular weight excluding hydrogens is 339 g/mol. The van der Waals surface area contributed by atoms with Crippen LogP contribution in [0.5, 0.6) is 0 Å². The van der Waals surface area contributed by atoms with Gasteiger partial charge in [-0.05, 0) is 12.7 Å². The van der Waals surface area contributed by atoms with Crippen molar-refractivity contribution < 1.29 is 22.1 Å². The molecule has 0 atom stereocenters. The number of anilines is 1. The molecule has 1 aromatic heterocycles. The number of aromatic nitrogens is 2. The lowest BCUT2D eigenvalue weighted by molar-refractivity contribution is -0.128. The Hall–Kier alpha value is -2.48. The number of hydrogen-bond donors (Lipinski definition) is 1. The third-order valence-electron chi connectivity index (χ3n) is 4.30. The molecule has 26 heavy (non-hydrogen) atoms. The number of H-pyrrole nitrogens is 1. The summed E-state index contributed by atoms with van der Waals surface area (Å²) in [5, 5.41) is 0. The zero-order chi connectivity index (χ0) is 23.5. The molecule has 1 aromatic rings. The van der Waals surface area contributed by atoms with E-state index in [1.54, 1.807) is 0 Å². The van der Waals surface area contributed by atoms with Crippen molar-refractivity contribution in [1.29, 1.82) is 0 Å². The van der Waals surface area contributed by atoms with Gasteiger partial charge in [0.2, 0.25) is 5.91 Å². The number of carbonyl (C=O) groups excluding carboxylic acids is 1. The molecule has 2 saturated heterocycles. The first-order valence-corrected chi connectivity index (χ1v) is 8.21. The van der Waals surface area contributed by atoms with Crippen molar-refractivity contribution in [2.75, 3.05) is 37.7 Å². The first-order valence-electron chi connectivity index (χ1n) is 11.2. The van der Waals surface area contributed by atoms with Crippen LogP contribution in [0.2, 0.25) is 0 Å². The summed E-state index contributed by atoms with van der Waals surface area (Å²) in [6, 6.07) is 1.30. The number of morpholine rings is 1. The number of rotatable bonds is 3. The number of ether oxygens (including phenoxy) is 1. The molecule has 0 radical (unpaired) electrons. The van der Waals surface area contributed by atoms with Crippen LogP contribution in [0, 0.1) is 0 Å². The molecule has 1 aliphatic carbocycles. The van der Waals surface area contributed by atoms with Gasteiger partial charge in [0.15, 0.2) is 0 Å². The minimum absolute atomic E-state index is 0.0252. The third kappa shape index (κ3) is 3.29. The van der Waals surface area contributed by atoms with Gasteiger partial charge < -0.3 is 19.5 Å². The first-order chi connectivity index (χ1) is 14.8. The van der Waals surface area contributed by atoms with Gasteiger partial charge in [-0.2, -0.15) is 0 Å². The summed E-state index contributed by atoms with van der Waals surface area (Å²) >= 11 is 0. The molecule has 3 aliphatic rings. The summed E-state index contributed by atoms with van der Waals surface area (Å²) in [6.45, 7) is 1.37. The van der Waals surface area contributed by atoms with Crippen LogP contribution in [0.1, 0.15) is 33.2 Å². The van der Waals surface area contributed by atoms with E-state index in [9.17, 15) is 14.0 Å². The van der Waals surface area contributed by atoms with E-state index in [1.807, 2.05) is 4.90 Å². The van der Waals surface area contributed by atoms with Gasteiger partial charge in [0.05, 0.1) is 19.6 Å². The molecule has 0 bridgehead atoms. The number of aromatic amines is 1. The molecular formula is C18H21FN4O3. The molecule has 0 spiro atoms. The van der Waals surface area contributed by atoms with E-state index in [0.717, 1.165) is 11.0 Å². The van der Waals surface area contributed by atoms with Crippen LogP contribution >= 0.6 is 0 Å². The summed E-state index contributed by atoms with van der Waals surface area (Å²) in [6.07, 6.45) is -7.97. The van der Waals surface area contributed by atoms with Gasteiger partial charge in [-0.3, -0.25) is 9.59 Å². The largest absolute Gasteiger partial charge is 0.378 e. The number of halogens is 1. The number of nitrogens with zero attached hydrogens (tertiary/aromatic N) is 3. The molecule has 1 amide bonds. The van der Waals surface area contributed by atoms with Crippen molar-refractivity contribution in [2.45, 2.75) is 25.5 Å². The molecule has 138 valence electrons. The molecule has 0 aromatic carbocycles. The highest BCUT2D eigenvalue weighted by atomic mass is 19.1. The fourth-order valence-electron chi connectivity index (χ4n) is 3.03. The van der Waals surface area contributed by atoms with E-state index >= 15 is 0 Å². The van der Waals surface area contributed by atoms with Crippen LogP contribution < -0.4 is 10.5 Å². The van der Waals surface area contributed by atoms with Crippen molar-refractivity contribution in [3.05, 3.63) is 45.4 Å². The smallest absolute Gasteiger partial charge is 0.252 e. The number of likely N-dealkylation sites (tertiary alicyclic amines) is 1. The topological polar surface area (TPSA) is 78.5 Å². The molecule has 2 fully saturated rings. The van der Waals surface area contributed by atoms with Crippen molar-refractivity contribution >= 4 is 11.7 Å². The second-order valence-electron chi connectivity index (χ2n) is 5.97. The Morgan fingerprint density at radius 3 is 2.96 bits per heavy atom. The second-order valence-corrected chi connectivity index (χ2v) is 5.97. The number of fused-ring (bicyclic) bond motifs is 1. The Kier molecular flexibility index (Phi) is 3.05. The average molecular weight is 366 g/mol. The van der Waals surface area contributed by atoms with Crippen molar-refractivity contribution in [3.8, 4) is 0 Å². The predicted octanol–water partition coefficient (Wildman–Crippen LogP) is 1.28. The van der Waals surface area contributed by atoms with E-state index < -0.39 is 55.0 Å². The highest BCUT2D eigenvalue weighted by Crippen LogP contribution is 2.36. The Morgan fingerprint density at radius 2 is 2.15 bits per heavy atom. The Bertz CT molecular complexity index is 1080. The standard InChI is InChI=1S/C18H21FN4O3/c19-13-2-1-3-14-12(13)4-5-23(14)18(25)10-15-20-16(11-17(24)21-15)22-6-8-26-9-7-22/h3,11H,1-2,4-10H2,(H,20,21,24)/i1D2,2D2,4D2. The lowest BCUT2D eigenvalue weighted by Gasteiger charge is -2.27. The summed E-state index contributed by atoms with van der Waals surface area (Å²) in [7, 11) is 0. The molecule has 3 heterocycles. The minimum Gasteiger partial charge on any atom is -0.378 e. The maximum absolute atomic E-state index is 14.9. The highest BCUT2D eigenvalue weighted by Gasteiger charge is 2.31. The van der Waals surface area contributed by atoms with E-state index in [1.165, 1.54) is 6.07 Å². The predicted molar refractivity (Wildman–Crippen MR) is 93.4 cm³/mol. The van der Waals surface area contributed by atoms with Gasteiger partial charge in [0.25, 0.3) is 5.56 Å². The SMILES string of the molecule is [2H]C1([2H])CN(C(=O)Cc2nc(N3CCOCC3)cc(=O)[nH]2)C2=CC([2H])([2H])C([2H])([2H])C(F)=C21. The van der Waals surface area contributed by atoms with Crippen molar-refractivity contribution in [3.63, 3.8) is 0 Å². The fourth-order valence-corrected chi connectivity index (χ4v) is 3.03. The number of carbonyl (C=O) groups is 1. The van der Waals surface area contributed by atoms with Crippen LogP contribution in [0.3, 0.4) is 0 Å². The van der Waals surface area contributed by atoms with E-state index in [2.05, 4.69) is 9.97 Å². The van der Waals surface area contributed by atoms with Crippen LogP contribution in [0.25, 0.3) is 0 Å². The van der Waals surface area contributed by atoms with Crippen molar-refractivity contribution in [2.24, 2.45) is 0 Å². The monoisotopic (exact) mass is 366 g/mol. The quantitative estimate of drug-likeness (QED) is 0.872. The number of hydrogen-bond acceptors (Lipinski definition) is 5. The maximum atomic E-state index is 14.9. The Balaban J connectivity index is 1.64. The van der Waals surface area contributed by atoms with Crippen LogP contribution in [-0.4, -0.2) is 53.6 Å². The van der Waals surface area contributed by atoms with Crippen LogP contribution in [-0.2, 0) is 16.0 Å². The zero-order valence-electron chi connectivity index (χ0n) is 19.8. The van der Waals surface area contributed by atoms with Gasteiger partial charge in [-0.15, -0.1) is 0 Å². The van der Waals surface area contributed by atoms with Gasteiger partial charge in [-0.25, -0.2) is 9.37 Å². The second kappa shape index (κ2) is 7.03. The fraction of sp³-hybridized carbons (Fsp3) is 0.500. The summed E-state index contributed by atoms with van der Waals surface area (Å²) in [5.41, 5.74) is -1.49. The van der Waals surface area contributed by atoms with Crippen molar-refractivity contribution in [1.82, 2.24) is 14.9 Å². The van der Waals surface area contributed by atoms with E-state index in [0.29, 0.717) is 32.1 Å². The lowest BCUT2D eigenvalue weighted by Crippen LogP contribution is -2.38. The zero-order valence-corrected chi connectivity index (χ0v) is 13.8. The number of allylic oxidation sites excluding steroid dienone is 3. The minimum atomic E-state index is -3.07. The van der Waals surface area contributed by atoms with Crippen LogP contribution in [0.15, 0.2) is 34.0 Å². The van der Waals surface area contributed by atoms with Gasteiger partial charge >= 0.3 is 0 Å². The average Bonchev–Trinajstić information content (AvgIpc) is 2.96. The maximum Gasteiger partial charge on any atom is 0.252 e. The van der Waals surface area contributed by atoms with Gasteiger partial charge in [0.1, 0.15) is 17.5 Å². The summed E-state index contributed by atoms with van der Waals surface area (Å²) in [5.74, 6) is -1.91. The molecule has 8 heteroatoms. The molecule has 0 saturated carbocycles. The number of amides is 1. The molecule has 2 aliphatic heterocycles. The Labute approximate surface area is 158 Å².